The highest BCUT2D eigenvalue weighted by Gasteiger charge is 2.08. The van der Waals surface area contributed by atoms with Gasteiger partial charge in [-0.25, -0.2) is 8.78 Å². The molecule has 0 heterocycles. The van der Waals surface area contributed by atoms with Gasteiger partial charge in [-0.15, -0.1) is 0 Å². The van der Waals surface area contributed by atoms with Gasteiger partial charge in [-0.1, -0.05) is 13.8 Å². The van der Waals surface area contributed by atoms with Crippen molar-refractivity contribution < 1.29 is 8.78 Å². The van der Waals surface area contributed by atoms with E-state index in [4.69, 9.17) is 5.73 Å². The van der Waals surface area contributed by atoms with Crippen LogP contribution < -0.4 is 11.1 Å². The molecule has 0 aromatic heterocycles. The number of likely N-dealkylation sites (N-methyl/N-ethyl adjacent to an activating group) is 1. The molecule has 5 heteroatoms. The van der Waals surface area contributed by atoms with Crippen LogP contribution in [-0.4, -0.2) is 31.1 Å². The summed E-state index contributed by atoms with van der Waals surface area (Å²) in [7, 11) is 0. The fourth-order valence-electron chi connectivity index (χ4n) is 1.82. The number of nitrogens with zero attached hydrogens (tertiary/aromatic N) is 1. The Kier molecular flexibility index (Phi) is 5.85. The Hall–Kier alpha value is -1.36. The predicted octanol–water partition coefficient (Wildman–Crippen LogP) is 2.69. The van der Waals surface area contributed by atoms with Crippen LogP contribution >= 0.6 is 0 Å². The van der Waals surface area contributed by atoms with Crippen molar-refractivity contribution in [3.05, 3.63) is 23.8 Å². The molecule has 0 aliphatic rings. The zero-order valence-corrected chi connectivity index (χ0v) is 11.0. The van der Waals surface area contributed by atoms with Gasteiger partial charge in [0.1, 0.15) is 5.82 Å². The van der Waals surface area contributed by atoms with Crippen LogP contribution in [0, 0.1) is 11.6 Å². The number of hydrogen-bond acceptors (Lipinski definition) is 3. The van der Waals surface area contributed by atoms with Gasteiger partial charge in [0.25, 0.3) is 0 Å². The van der Waals surface area contributed by atoms with E-state index in [9.17, 15) is 8.78 Å². The third-order valence-corrected chi connectivity index (χ3v) is 2.82. The molecule has 18 heavy (non-hydrogen) atoms. The number of nitrogen functional groups attached to an aromatic ring is 1. The van der Waals surface area contributed by atoms with Crippen molar-refractivity contribution in [1.29, 1.82) is 0 Å². The highest BCUT2D eigenvalue weighted by molar-refractivity contribution is 5.66. The predicted molar refractivity (Wildman–Crippen MR) is 71.7 cm³/mol. The van der Waals surface area contributed by atoms with Crippen LogP contribution in [-0.2, 0) is 0 Å². The largest absolute Gasteiger partial charge is 0.395 e. The van der Waals surface area contributed by atoms with E-state index in [0.29, 0.717) is 12.2 Å². The zero-order valence-electron chi connectivity index (χ0n) is 11.0. The molecule has 0 aliphatic carbocycles. The summed E-state index contributed by atoms with van der Waals surface area (Å²) in [6, 6.07) is 2.00. The summed E-state index contributed by atoms with van der Waals surface area (Å²) in [5.74, 6) is -1.34. The van der Waals surface area contributed by atoms with Gasteiger partial charge in [-0.05, 0) is 25.6 Å². The monoisotopic (exact) mass is 257 g/mol. The van der Waals surface area contributed by atoms with Crippen molar-refractivity contribution >= 4 is 11.4 Å². The summed E-state index contributed by atoms with van der Waals surface area (Å²) in [4.78, 5) is 2.26. The molecule has 0 bridgehead atoms. The van der Waals surface area contributed by atoms with Crippen molar-refractivity contribution in [2.45, 2.75) is 20.3 Å². The summed E-state index contributed by atoms with van der Waals surface area (Å²) in [6.45, 7) is 7.62. The van der Waals surface area contributed by atoms with Crippen molar-refractivity contribution in [2.75, 3.05) is 37.2 Å². The molecule has 102 valence electrons. The molecule has 0 saturated heterocycles. The number of benzene rings is 1. The number of nitrogens with one attached hydrogen (secondary N) is 1. The molecule has 1 aromatic carbocycles. The smallest absolute Gasteiger partial charge is 0.151 e. The van der Waals surface area contributed by atoms with Crippen molar-refractivity contribution in [1.82, 2.24) is 4.90 Å². The first-order valence-electron chi connectivity index (χ1n) is 6.29. The Morgan fingerprint density at radius 3 is 2.56 bits per heavy atom. The fourth-order valence-corrected chi connectivity index (χ4v) is 1.82. The van der Waals surface area contributed by atoms with Gasteiger partial charge in [0, 0.05) is 19.2 Å². The minimum atomic E-state index is -0.724. The van der Waals surface area contributed by atoms with E-state index in [0.717, 1.165) is 32.1 Å². The molecule has 3 N–H and O–H groups in total. The molecular weight excluding hydrogens is 236 g/mol. The first-order chi connectivity index (χ1) is 8.58. The van der Waals surface area contributed by atoms with Crippen LogP contribution in [0.5, 0.6) is 0 Å². The van der Waals surface area contributed by atoms with E-state index in [2.05, 4.69) is 24.1 Å². The summed E-state index contributed by atoms with van der Waals surface area (Å²) >= 11 is 0. The molecule has 1 rings (SSSR count). The van der Waals surface area contributed by atoms with Gasteiger partial charge in [0.2, 0.25) is 0 Å². The number of nitrogens with two attached hydrogens (primary N) is 1. The lowest BCUT2D eigenvalue weighted by atomic mass is 10.2. The zero-order chi connectivity index (χ0) is 13.5. The Morgan fingerprint density at radius 2 is 1.94 bits per heavy atom. The van der Waals surface area contributed by atoms with Crippen LogP contribution in [0.1, 0.15) is 20.3 Å². The van der Waals surface area contributed by atoms with E-state index >= 15 is 0 Å². The number of anilines is 2. The first-order valence-corrected chi connectivity index (χ1v) is 6.29. The van der Waals surface area contributed by atoms with E-state index in [1.165, 1.54) is 6.07 Å². The maximum absolute atomic E-state index is 13.2. The molecule has 0 aliphatic heterocycles. The lowest BCUT2D eigenvalue weighted by Crippen LogP contribution is -2.29. The van der Waals surface area contributed by atoms with Crippen LogP contribution in [0.2, 0.25) is 0 Å². The van der Waals surface area contributed by atoms with Gasteiger partial charge in [0.15, 0.2) is 5.82 Å². The molecule has 0 atom stereocenters. The van der Waals surface area contributed by atoms with E-state index < -0.39 is 11.6 Å². The molecule has 0 saturated carbocycles. The minimum absolute atomic E-state index is 0.0325. The highest BCUT2D eigenvalue weighted by atomic mass is 19.1. The van der Waals surface area contributed by atoms with E-state index in [1.54, 1.807) is 0 Å². The number of rotatable bonds is 7. The maximum atomic E-state index is 13.2. The fraction of sp³-hybridized carbons (Fsp3) is 0.538. The molecule has 0 fully saturated rings. The summed E-state index contributed by atoms with van der Waals surface area (Å²) in [5.41, 5.74) is 5.83. The summed E-state index contributed by atoms with van der Waals surface area (Å²) in [6.07, 6.45) is 1.09. The second-order valence-electron chi connectivity index (χ2n) is 4.21. The van der Waals surface area contributed by atoms with Gasteiger partial charge >= 0.3 is 0 Å². The molecule has 0 spiro atoms. The number of halogens is 2. The standard InChI is InChI=1S/C13H21F2N3/c1-3-6-18(4-2)7-5-17-12-9-10(14)8-11(15)13(12)16/h8-9,17H,3-7,16H2,1-2H3. The second kappa shape index (κ2) is 7.16. The molecule has 0 amide bonds. The normalized spacial score (nSPS) is 10.9. The van der Waals surface area contributed by atoms with Gasteiger partial charge in [-0.3, -0.25) is 0 Å². The van der Waals surface area contributed by atoms with Gasteiger partial charge in [-0.2, -0.15) is 0 Å². The Labute approximate surface area is 107 Å². The summed E-state index contributed by atoms with van der Waals surface area (Å²) < 4.78 is 26.2. The topological polar surface area (TPSA) is 41.3 Å². The summed E-state index contributed by atoms with van der Waals surface area (Å²) in [5, 5.41) is 2.97. The van der Waals surface area contributed by atoms with E-state index in [1.807, 2.05) is 0 Å². The maximum Gasteiger partial charge on any atom is 0.151 e. The Morgan fingerprint density at radius 1 is 1.22 bits per heavy atom. The minimum Gasteiger partial charge on any atom is -0.395 e. The molecule has 0 radical (unpaired) electrons. The average molecular weight is 257 g/mol. The Bertz CT molecular complexity index is 383. The molecule has 3 nitrogen and oxygen atoms in total. The average Bonchev–Trinajstić information content (AvgIpc) is 2.33. The van der Waals surface area contributed by atoms with Crippen molar-refractivity contribution in [2.24, 2.45) is 0 Å². The molecular formula is C13H21F2N3. The van der Waals surface area contributed by atoms with Gasteiger partial charge < -0.3 is 16.0 Å². The van der Waals surface area contributed by atoms with Gasteiger partial charge in [0.05, 0.1) is 11.4 Å². The molecule has 0 unspecified atom stereocenters. The third-order valence-electron chi connectivity index (χ3n) is 2.82. The highest BCUT2D eigenvalue weighted by Crippen LogP contribution is 2.22. The van der Waals surface area contributed by atoms with Crippen molar-refractivity contribution in [3.8, 4) is 0 Å². The lowest BCUT2D eigenvalue weighted by Gasteiger charge is -2.20. The second-order valence-corrected chi connectivity index (χ2v) is 4.21. The number of hydrogen-bond donors (Lipinski definition) is 2. The SMILES string of the molecule is CCCN(CC)CCNc1cc(F)cc(F)c1N. The van der Waals surface area contributed by atoms with Crippen LogP contribution in [0.25, 0.3) is 0 Å². The molecule has 1 aromatic rings. The van der Waals surface area contributed by atoms with Crippen LogP contribution in [0.4, 0.5) is 20.2 Å². The van der Waals surface area contributed by atoms with Crippen LogP contribution in [0.3, 0.4) is 0 Å². The third kappa shape index (κ3) is 4.14. The lowest BCUT2D eigenvalue weighted by molar-refractivity contribution is 0.300. The van der Waals surface area contributed by atoms with Crippen LogP contribution in [0.15, 0.2) is 12.1 Å². The Balaban J connectivity index is 2.53. The van der Waals surface area contributed by atoms with E-state index in [-0.39, 0.29) is 5.69 Å². The quantitative estimate of drug-likeness (QED) is 0.738. The first kappa shape index (κ1) is 14.7. The van der Waals surface area contributed by atoms with Crippen molar-refractivity contribution in [3.63, 3.8) is 0 Å².